The molecule has 10 aromatic carbocycles. The van der Waals surface area contributed by atoms with Crippen molar-refractivity contribution in [3.05, 3.63) is 22.3 Å². The number of terminal acetylenes is 1. The van der Waals surface area contributed by atoms with Gasteiger partial charge < -0.3 is 0 Å². The molecule has 0 nitrogen and oxygen atoms in total. The topological polar surface area (TPSA) is 0 Å². The van der Waals surface area contributed by atoms with Crippen LogP contribution in [0.1, 0.15) is 22.3 Å². The normalized spacial score (nSPS) is 13.1. The van der Waals surface area contributed by atoms with E-state index in [1.54, 1.807) is 0 Å². The van der Waals surface area contributed by atoms with Crippen LogP contribution in [0, 0.1) is 12.3 Å². The molecule has 0 unspecified atom stereocenters. The molecule has 0 heterocycles. The number of rotatable bonds is 6. The molecule has 0 atom stereocenters. The summed E-state index contributed by atoms with van der Waals surface area (Å²) in [5.41, 5.74) is 52.2. The summed E-state index contributed by atoms with van der Waals surface area (Å²) in [6, 6.07) is 0. The highest BCUT2D eigenvalue weighted by molar-refractivity contribution is 6.78. The third-order valence-electron chi connectivity index (χ3n) is 25.2. The van der Waals surface area contributed by atoms with Gasteiger partial charge in [-0.3, -0.25) is 0 Å². The average molecular weight is 1070 g/mol. The van der Waals surface area contributed by atoms with Gasteiger partial charge in [0.25, 0.3) is 0 Å². The van der Waals surface area contributed by atoms with Gasteiger partial charge in [-0.05, 0) is 110 Å². The third kappa shape index (κ3) is 7.76. The Hall–Kier alpha value is -4.54. The molecule has 10 aromatic rings. The molecular weight excluding hydrogens is 1010 g/mol. The Morgan fingerprint density at radius 3 is 0.885 bits per heavy atom. The highest BCUT2D eigenvalue weighted by Gasteiger charge is 2.59. The summed E-state index contributed by atoms with van der Waals surface area (Å²) in [4.78, 5) is 0. The highest BCUT2D eigenvalue weighted by atomic mass is 14.5. The molecule has 0 N–H and O–H groups in total. The molecule has 0 bridgehead atoms. The van der Waals surface area contributed by atoms with Gasteiger partial charge in [-0.25, -0.2) is 0 Å². The fraction of sp³-hybridized carbons (Fsp3) is 0.0741. The second-order valence-corrected chi connectivity index (χ2v) is 30.4. The molecule has 87 heavy (non-hydrogen) atoms. The lowest BCUT2D eigenvalue weighted by Crippen LogP contribution is -2.57. The standard InChI is InChI=1S/C54H69B33/c1-2-4-6-7-5(3-55)26(56)49(79)44(74)16(7)37(67)36(66)15(6)35(65)30(60)8(4)17-27(57)22(48(78)50(80)45(17)75)23-29(59)25-14(34(64)43(23)73)13-24(52(25,53(82,83)84)54(85,86)87)28(58)21(42(72)33(13)63)12-11-9-10-19(39(69)31(11)61)46(76)51(81)47(77)20(10)41(71)40(70)18(9)38(68)32(12)62/h1H,3,55-87H2. The molecule has 0 fully saturated rings. The largest absolute Gasteiger partial charge is 0.140 e. The summed E-state index contributed by atoms with van der Waals surface area (Å²) in [7, 11) is 80.3. The fourth-order valence-corrected chi connectivity index (χ4v) is 19.9. The van der Waals surface area contributed by atoms with E-state index in [1.807, 2.05) is 0 Å². The van der Waals surface area contributed by atoms with Gasteiger partial charge in [-0.15, -0.1) is 22.8 Å². The predicted octanol–water partition coefficient (Wildman–Crippen LogP) is -38.1. The molecule has 0 spiro atoms. The summed E-state index contributed by atoms with van der Waals surface area (Å²) in [6.45, 7) is 0. The van der Waals surface area contributed by atoms with E-state index in [0.717, 1.165) is 11.9 Å². The van der Waals surface area contributed by atoms with Gasteiger partial charge in [0.1, 0.15) is 212 Å². The SMILES string of the molecule is BCc1c(B)c(B)c(B)c2c(B)c(B)c3c(B)c(B)c(-c4c(B)c(B)c(B)c(-c5c(B)c(B)c6c(c5B)C(C(B)(B)B)(C(B)(B)B)c5c(B)c(-c7c(B)c(B)c8c(B)c(B)c9c(B)c(B)c(B)c%10c(B)c(B)c7c8c9%10)c(B)c(B)c5-6)c4B)c(C#C)c3c12. The Bertz CT molecular complexity index is 4960. The van der Waals surface area contributed by atoms with Crippen molar-refractivity contribution in [1.82, 2.24) is 0 Å². The molecule has 0 saturated carbocycles. The van der Waals surface area contributed by atoms with E-state index in [1.165, 1.54) is 257 Å². The molecule has 33 heteroatoms. The Kier molecular flexibility index (Phi) is 15.3. The van der Waals surface area contributed by atoms with Gasteiger partial charge >= 0.3 is 0 Å². The van der Waals surface area contributed by atoms with Gasteiger partial charge in [0.05, 0.1) is 47.1 Å². The second kappa shape index (κ2) is 20.7. The number of hydrogen-bond acceptors (Lipinski definition) is 0. The van der Waals surface area contributed by atoms with E-state index in [0.29, 0.717) is 0 Å². The van der Waals surface area contributed by atoms with Crippen LogP contribution in [-0.2, 0) is 11.7 Å². The Morgan fingerprint density at radius 2 is 0.494 bits per heavy atom. The van der Waals surface area contributed by atoms with E-state index in [2.05, 4.69) is 265 Å². The third-order valence-corrected chi connectivity index (χ3v) is 25.2. The van der Waals surface area contributed by atoms with Crippen LogP contribution in [-0.4, -0.2) is 259 Å². The summed E-state index contributed by atoms with van der Waals surface area (Å²) in [5.74, 6) is 3.49. The Balaban J connectivity index is 1.30. The zero-order chi connectivity index (χ0) is 64.6. The van der Waals surface area contributed by atoms with Crippen LogP contribution in [0.3, 0.4) is 0 Å². The van der Waals surface area contributed by atoms with Crippen LogP contribution in [0.25, 0.3) is 98.4 Å². The monoisotopic (exact) mass is 1080 g/mol. The van der Waals surface area contributed by atoms with Crippen LogP contribution in [0.2, 0.25) is 10.2 Å². The van der Waals surface area contributed by atoms with E-state index in [4.69, 9.17) is 6.42 Å². The molecule has 384 valence electrons. The first-order chi connectivity index (χ1) is 40.3. The zero-order valence-corrected chi connectivity index (χ0v) is 60.3. The predicted molar refractivity (Wildman–Crippen MR) is 497 cm³/mol. The smallest absolute Gasteiger partial charge is 0.115 e. The molecule has 0 aromatic heterocycles. The first-order valence-electron chi connectivity index (χ1n) is 32.8. The molecule has 1 aliphatic rings. The van der Waals surface area contributed by atoms with Crippen molar-refractivity contribution in [3.8, 4) is 56.9 Å². The molecule has 0 aliphatic heterocycles. The lowest BCUT2D eigenvalue weighted by atomic mass is 9.17. The second-order valence-electron chi connectivity index (χ2n) is 30.4. The lowest BCUT2D eigenvalue weighted by molar-refractivity contribution is 0.540. The Labute approximate surface area is 551 Å². The molecule has 0 amide bonds. The van der Waals surface area contributed by atoms with Crippen molar-refractivity contribution in [2.24, 2.45) is 0 Å². The lowest BCUT2D eigenvalue weighted by Gasteiger charge is -2.56. The van der Waals surface area contributed by atoms with Crippen molar-refractivity contribution >= 4 is 455 Å². The summed E-state index contributed by atoms with van der Waals surface area (Å²) < 4.78 is 0. The van der Waals surface area contributed by atoms with Gasteiger partial charge in [0, 0.05) is 10.9 Å². The summed E-state index contributed by atoms with van der Waals surface area (Å²) in [5, 5.41) is 13.6. The molecule has 0 radical (unpaired) electrons. The molecular formula is C54H69B33. The molecule has 1 aliphatic carbocycles. The fourth-order valence-electron chi connectivity index (χ4n) is 19.9. The maximum absolute atomic E-state index is 7.10. The number of hydrogen-bond donors (Lipinski definition) is 0. The zero-order valence-electron chi connectivity index (χ0n) is 60.3. The van der Waals surface area contributed by atoms with E-state index >= 15 is 0 Å². The maximum Gasteiger partial charge on any atom is 0.140 e. The minimum absolute atomic E-state index is 0.216. The quantitative estimate of drug-likeness (QED) is 0.0884. The molecule has 11 rings (SSSR count). The first kappa shape index (κ1) is 64.0. The van der Waals surface area contributed by atoms with Gasteiger partial charge in [-0.2, -0.15) is 0 Å². The molecule has 0 saturated heterocycles. The first-order valence-corrected chi connectivity index (χ1v) is 32.8. The van der Waals surface area contributed by atoms with Crippen molar-refractivity contribution in [2.45, 2.75) is 22.0 Å². The minimum atomic E-state index is -0.411. The van der Waals surface area contributed by atoms with Crippen LogP contribution in [0.15, 0.2) is 0 Å². The van der Waals surface area contributed by atoms with Crippen molar-refractivity contribution in [3.63, 3.8) is 0 Å². The average Bonchev–Trinajstić information content (AvgIpc) is 1.59. The summed E-state index contributed by atoms with van der Waals surface area (Å²) in [6.07, 6.45) is 8.05. The van der Waals surface area contributed by atoms with E-state index in [9.17, 15) is 0 Å². The van der Waals surface area contributed by atoms with Gasteiger partial charge in [0.2, 0.25) is 0 Å². The highest BCUT2D eigenvalue weighted by Crippen LogP contribution is 2.63. The van der Waals surface area contributed by atoms with E-state index < -0.39 is 5.41 Å². The minimum Gasteiger partial charge on any atom is -0.115 e. The summed E-state index contributed by atoms with van der Waals surface area (Å²) >= 11 is 0. The van der Waals surface area contributed by atoms with Crippen molar-refractivity contribution in [1.29, 1.82) is 0 Å². The van der Waals surface area contributed by atoms with Crippen molar-refractivity contribution in [2.75, 3.05) is 0 Å². The number of benzene rings is 10. The van der Waals surface area contributed by atoms with Crippen LogP contribution in [0.5, 0.6) is 0 Å². The number of fused-ring (bicyclic) bond motifs is 6. The van der Waals surface area contributed by atoms with Crippen LogP contribution < -0.4 is 142 Å². The van der Waals surface area contributed by atoms with E-state index in [-0.39, 0.29) is 10.2 Å². The van der Waals surface area contributed by atoms with Crippen LogP contribution in [0.4, 0.5) is 0 Å². The maximum atomic E-state index is 7.10. The van der Waals surface area contributed by atoms with Crippen LogP contribution >= 0.6 is 0 Å². The van der Waals surface area contributed by atoms with Gasteiger partial charge in [-0.1, -0.05) is 154 Å². The van der Waals surface area contributed by atoms with Gasteiger partial charge in [0.15, 0.2) is 0 Å². The Morgan fingerprint density at radius 1 is 0.241 bits per heavy atom. The van der Waals surface area contributed by atoms with Crippen molar-refractivity contribution < 1.29 is 0 Å².